The second-order valence-electron chi connectivity index (χ2n) is 5.32. The van der Waals surface area contributed by atoms with Crippen molar-refractivity contribution < 1.29 is 9.59 Å². The normalized spacial score (nSPS) is 10.4. The molecule has 4 nitrogen and oxygen atoms in total. The van der Waals surface area contributed by atoms with Crippen molar-refractivity contribution in [1.29, 1.82) is 0 Å². The van der Waals surface area contributed by atoms with Crippen LogP contribution in [0.25, 0.3) is 0 Å². The highest BCUT2D eigenvalue weighted by atomic mass is 32.1. The molecule has 0 fully saturated rings. The van der Waals surface area contributed by atoms with Gasteiger partial charge in [-0.2, -0.15) is 0 Å². The fraction of sp³-hybridized carbons (Fsp3) is 0.294. The summed E-state index contributed by atoms with van der Waals surface area (Å²) in [6.45, 7) is 7.81. The second kappa shape index (κ2) is 6.32. The zero-order valence-electron chi connectivity index (χ0n) is 13.5. The number of thiophene rings is 1. The van der Waals surface area contributed by atoms with E-state index >= 15 is 0 Å². The van der Waals surface area contributed by atoms with Crippen LogP contribution in [0.1, 0.15) is 42.3 Å². The summed E-state index contributed by atoms with van der Waals surface area (Å²) in [5.41, 5.74) is 4.25. The molecule has 1 aromatic carbocycles. The van der Waals surface area contributed by atoms with Gasteiger partial charge < -0.3 is 10.6 Å². The Bertz CT molecular complexity index is 747. The minimum absolute atomic E-state index is 0.183. The van der Waals surface area contributed by atoms with Gasteiger partial charge in [-0.25, -0.2) is 0 Å². The van der Waals surface area contributed by atoms with Crippen LogP contribution in [-0.4, -0.2) is 18.9 Å². The summed E-state index contributed by atoms with van der Waals surface area (Å²) in [4.78, 5) is 25.5. The third-order valence-corrected chi connectivity index (χ3v) is 4.96. The Morgan fingerprint density at radius 2 is 1.68 bits per heavy atom. The van der Waals surface area contributed by atoms with Crippen LogP contribution in [0.4, 0.5) is 5.00 Å². The van der Waals surface area contributed by atoms with E-state index in [0.29, 0.717) is 16.1 Å². The summed E-state index contributed by atoms with van der Waals surface area (Å²) >= 11 is 1.42. The van der Waals surface area contributed by atoms with Crippen molar-refractivity contribution in [2.45, 2.75) is 27.7 Å². The maximum absolute atomic E-state index is 12.4. The summed E-state index contributed by atoms with van der Waals surface area (Å²) in [5, 5.41) is 6.09. The largest absolute Gasteiger partial charge is 0.355 e. The lowest BCUT2D eigenvalue weighted by Gasteiger charge is -2.08. The number of rotatable bonds is 3. The van der Waals surface area contributed by atoms with Crippen molar-refractivity contribution in [3.63, 3.8) is 0 Å². The predicted molar refractivity (Wildman–Crippen MR) is 91.1 cm³/mol. The highest BCUT2D eigenvalue weighted by Gasteiger charge is 2.20. The van der Waals surface area contributed by atoms with Crippen molar-refractivity contribution in [1.82, 2.24) is 5.32 Å². The fourth-order valence-corrected chi connectivity index (χ4v) is 3.22. The maximum atomic E-state index is 12.4. The van der Waals surface area contributed by atoms with Crippen LogP contribution in [0, 0.1) is 27.7 Å². The summed E-state index contributed by atoms with van der Waals surface area (Å²) in [5.74, 6) is -0.383. The van der Waals surface area contributed by atoms with Gasteiger partial charge in [0.1, 0.15) is 5.00 Å². The number of anilines is 1. The van der Waals surface area contributed by atoms with Gasteiger partial charge in [0.2, 0.25) is 0 Å². The van der Waals surface area contributed by atoms with Gasteiger partial charge in [0.25, 0.3) is 11.8 Å². The third kappa shape index (κ3) is 3.04. The molecule has 116 valence electrons. The average Bonchev–Trinajstić information content (AvgIpc) is 2.75. The van der Waals surface area contributed by atoms with Crippen LogP contribution < -0.4 is 10.6 Å². The topological polar surface area (TPSA) is 58.2 Å². The number of hydrogen-bond acceptors (Lipinski definition) is 3. The van der Waals surface area contributed by atoms with E-state index in [1.807, 2.05) is 39.8 Å². The van der Waals surface area contributed by atoms with E-state index in [0.717, 1.165) is 21.6 Å². The molecule has 0 saturated heterocycles. The molecule has 0 aliphatic rings. The zero-order valence-corrected chi connectivity index (χ0v) is 14.3. The van der Waals surface area contributed by atoms with Crippen molar-refractivity contribution in [2.75, 3.05) is 12.4 Å². The van der Waals surface area contributed by atoms with Crippen LogP contribution in [0.5, 0.6) is 0 Å². The molecular weight excluding hydrogens is 296 g/mol. The van der Waals surface area contributed by atoms with E-state index < -0.39 is 0 Å². The molecule has 0 radical (unpaired) electrons. The van der Waals surface area contributed by atoms with Gasteiger partial charge in [-0.05, 0) is 56.5 Å². The third-order valence-electron chi connectivity index (χ3n) is 3.84. The lowest BCUT2D eigenvalue weighted by Crippen LogP contribution is -2.21. The first-order valence-corrected chi connectivity index (χ1v) is 7.87. The van der Waals surface area contributed by atoms with Gasteiger partial charge in [0.05, 0.1) is 5.56 Å². The smallest absolute Gasteiger partial charge is 0.256 e. The molecular formula is C17H20N2O2S. The summed E-state index contributed by atoms with van der Waals surface area (Å²) in [6, 6.07) is 5.58. The van der Waals surface area contributed by atoms with E-state index in [9.17, 15) is 9.59 Å². The van der Waals surface area contributed by atoms with Crippen molar-refractivity contribution in [2.24, 2.45) is 0 Å². The van der Waals surface area contributed by atoms with E-state index in [1.165, 1.54) is 11.3 Å². The fourth-order valence-electron chi connectivity index (χ4n) is 2.17. The van der Waals surface area contributed by atoms with E-state index in [-0.39, 0.29) is 11.8 Å². The van der Waals surface area contributed by atoms with Crippen molar-refractivity contribution >= 4 is 28.2 Å². The summed E-state index contributed by atoms with van der Waals surface area (Å²) in [7, 11) is 1.59. The van der Waals surface area contributed by atoms with Crippen LogP contribution in [0.3, 0.4) is 0 Å². The molecule has 22 heavy (non-hydrogen) atoms. The molecule has 0 aliphatic carbocycles. The van der Waals surface area contributed by atoms with Crippen molar-refractivity contribution in [3.05, 3.63) is 50.9 Å². The summed E-state index contributed by atoms with van der Waals surface area (Å²) in [6.07, 6.45) is 0. The molecule has 0 atom stereocenters. The molecule has 0 bridgehead atoms. The quantitative estimate of drug-likeness (QED) is 0.909. The van der Waals surface area contributed by atoms with Crippen LogP contribution in [-0.2, 0) is 0 Å². The van der Waals surface area contributed by atoms with Crippen LogP contribution in [0.15, 0.2) is 18.2 Å². The highest BCUT2D eigenvalue weighted by molar-refractivity contribution is 7.16. The molecule has 1 heterocycles. The molecule has 2 N–H and O–H groups in total. The lowest BCUT2D eigenvalue weighted by molar-refractivity contribution is 0.0963. The lowest BCUT2D eigenvalue weighted by atomic mass is 10.1. The molecule has 5 heteroatoms. The standard InChI is InChI=1S/C17H20N2O2S/c1-9-6-7-13(8-10(9)2)15(20)19-17-14(16(21)18-5)11(3)12(4)22-17/h6-8H,1-5H3,(H,18,21)(H,19,20). The predicted octanol–water partition coefficient (Wildman–Crippen LogP) is 3.59. The maximum Gasteiger partial charge on any atom is 0.256 e. The Morgan fingerprint density at radius 1 is 1.00 bits per heavy atom. The monoisotopic (exact) mass is 316 g/mol. The number of carbonyl (C=O) groups excluding carboxylic acids is 2. The summed E-state index contributed by atoms with van der Waals surface area (Å²) < 4.78 is 0. The molecule has 2 rings (SSSR count). The Balaban J connectivity index is 2.34. The number of aryl methyl sites for hydroxylation is 3. The van der Waals surface area contributed by atoms with Gasteiger partial charge in [-0.1, -0.05) is 6.07 Å². The van der Waals surface area contributed by atoms with Gasteiger partial charge in [0, 0.05) is 17.5 Å². The van der Waals surface area contributed by atoms with Gasteiger partial charge in [-0.3, -0.25) is 9.59 Å². The highest BCUT2D eigenvalue weighted by Crippen LogP contribution is 2.32. The molecule has 2 aromatic rings. The Kier molecular flexibility index (Phi) is 4.66. The molecule has 1 aromatic heterocycles. The number of hydrogen-bond donors (Lipinski definition) is 2. The Labute approximate surface area is 134 Å². The average molecular weight is 316 g/mol. The van der Waals surface area contributed by atoms with E-state index in [1.54, 1.807) is 13.1 Å². The minimum Gasteiger partial charge on any atom is -0.355 e. The first-order valence-electron chi connectivity index (χ1n) is 7.05. The zero-order chi connectivity index (χ0) is 16.4. The van der Waals surface area contributed by atoms with Crippen LogP contribution in [0.2, 0.25) is 0 Å². The number of amides is 2. The van der Waals surface area contributed by atoms with Crippen LogP contribution >= 0.6 is 11.3 Å². The van der Waals surface area contributed by atoms with Gasteiger partial charge in [-0.15, -0.1) is 11.3 Å². The van der Waals surface area contributed by atoms with E-state index in [4.69, 9.17) is 0 Å². The van der Waals surface area contributed by atoms with E-state index in [2.05, 4.69) is 10.6 Å². The number of nitrogens with one attached hydrogen (secondary N) is 2. The molecule has 2 amide bonds. The molecule has 0 unspecified atom stereocenters. The Morgan fingerprint density at radius 3 is 2.27 bits per heavy atom. The SMILES string of the molecule is CNC(=O)c1c(NC(=O)c2ccc(C)c(C)c2)sc(C)c1C. The molecule has 0 aliphatic heterocycles. The first-order chi connectivity index (χ1) is 10.3. The minimum atomic E-state index is -0.200. The molecule has 0 spiro atoms. The second-order valence-corrected chi connectivity index (χ2v) is 6.54. The van der Waals surface area contributed by atoms with Gasteiger partial charge >= 0.3 is 0 Å². The molecule has 0 saturated carbocycles. The Hall–Kier alpha value is -2.14. The number of carbonyl (C=O) groups is 2. The number of benzene rings is 1. The van der Waals surface area contributed by atoms with Gasteiger partial charge in [0.15, 0.2) is 0 Å². The van der Waals surface area contributed by atoms with Crippen molar-refractivity contribution in [3.8, 4) is 0 Å². The first kappa shape index (κ1) is 16.2.